The maximum absolute atomic E-state index is 11.4. The lowest BCUT2D eigenvalue weighted by Gasteiger charge is -2.37. The first-order chi connectivity index (χ1) is 21.3. The summed E-state index contributed by atoms with van der Waals surface area (Å²) in [7, 11) is 7.37. The van der Waals surface area contributed by atoms with Crippen molar-refractivity contribution in [2.75, 3.05) is 41.4 Å². The van der Waals surface area contributed by atoms with Gasteiger partial charge in [-0.2, -0.15) is 0 Å². The lowest BCUT2D eigenvalue weighted by molar-refractivity contribution is 0.221. The van der Waals surface area contributed by atoms with Gasteiger partial charge in [0.2, 0.25) is 11.5 Å². The Morgan fingerprint density at radius 3 is 1.70 bits per heavy atom. The highest BCUT2D eigenvalue weighted by atomic mass is 16.5. The van der Waals surface area contributed by atoms with Crippen LogP contribution in [0.2, 0.25) is 0 Å². The molecule has 4 bridgehead atoms. The molecule has 2 unspecified atom stereocenters. The molecule has 228 valence electrons. The Morgan fingerprint density at radius 1 is 0.682 bits per heavy atom. The third kappa shape index (κ3) is 4.88. The Labute approximate surface area is 258 Å². The van der Waals surface area contributed by atoms with Gasteiger partial charge in [-0.15, -0.1) is 0 Å². The number of hydrogen-bond acceptors (Lipinski definition) is 8. The average molecular weight is 595 g/mol. The zero-order valence-electron chi connectivity index (χ0n) is 25.6. The monoisotopic (exact) mass is 594 g/mol. The molecule has 0 spiro atoms. The molecule has 8 nitrogen and oxygen atoms in total. The highest BCUT2D eigenvalue weighted by molar-refractivity contribution is 5.63. The van der Waals surface area contributed by atoms with Crippen LogP contribution in [0.3, 0.4) is 0 Å². The van der Waals surface area contributed by atoms with Crippen LogP contribution in [0.25, 0.3) is 0 Å². The molecule has 2 N–H and O–H groups in total. The number of ether oxygens (including phenoxy) is 4. The number of rotatable bonds is 2. The first kappa shape index (κ1) is 28.4. The lowest BCUT2D eigenvalue weighted by Crippen LogP contribution is -2.34. The second-order valence-electron chi connectivity index (χ2n) is 12.1. The molecule has 10 rings (SSSR count). The van der Waals surface area contributed by atoms with Crippen molar-refractivity contribution in [1.29, 1.82) is 0 Å². The number of phenols is 2. The summed E-state index contributed by atoms with van der Waals surface area (Å²) >= 11 is 0. The molecular weight excluding hydrogens is 556 g/mol. The molecule has 2 atom stereocenters. The highest BCUT2D eigenvalue weighted by Crippen LogP contribution is 2.51. The van der Waals surface area contributed by atoms with Gasteiger partial charge in [0.15, 0.2) is 23.0 Å². The number of benzene rings is 4. The minimum Gasteiger partial charge on any atom is -0.504 e. The minimum absolute atomic E-state index is 0.00100. The van der Waals surface area contributed by atoms with Gasteiger partial charge in [-0.1, -0.05) is 24.3 Å². The second-order valence-corrected chi connectivity index (χ2v) is 12.1. The molecule has 8 heteroatoms. The Bertz CT molecular complexity index is 1700. The zero-order valence-corrected chi connectivity index (χ0v) is 25.6. The van der Waals surface area contributed by atoms with Gasteiger partial charge in [0.25, 0.3) is 0 Å². The molecule has 0 amide bonds. The molecule has 0 radical (unpaired) electrons. The van der Waals surface area contributed by atoms with Gasteiger partial charge in [-0.05, 0) is 98.4 Å². The van der Waals surface area contributed by atoms with Crippen molar-refractivity contribution in [3.05, 3.63) is 94.0 Å². The predicted molar refractivity (Wildman–Crippen MR) is 168 cm³/mol. The SMILES string of the molecule is COc1cc2c3c(c1O)Oc1ccc(cc1)CC1c4c(cc(O)c(OC)c4Oc4ccc(cc4)CC3N(C)CC2)CCN1C. The Morgan fingerprint density at radius 2 is 1.18 bits per heavy atom. The molecule has 6 aliphatic rings. The number of aromatic hydroxyl groups is 2. The molecular formula is C36H38N2O6. The fraction of sp³-hybridized carbons (Fsp3) is 0.333. The van der Waals surface area contributed by atoms with E-state index in [0.29, 0.717) is 40.9 Å². The topological polar surface area (TPSA) is 83.9 Å². The van der Waals surface area contributed by atoms with Crippen LogP contribution in [-0.2, 0) is 25.7 Å². The van der Waals surface area contributed by atoms with Crippen molar-refractivity contribution in [1.82, 2.24) is 9.80 Å². The van der Waals surface area contributed by atoms with Crippen LogP contribution in [0, 0.1) is 0 Å². The van der Waals surface area contributed by atoms with Crippen molar-refractivity contribution in [3.8, 4) is 46.0 Å². The Balaban J connectivity index is 1.40. The average Bonchev–Trinajstić information content (AvgIpc) is 3.02. The van der Waals surface area contributed by atoms with Crippen LogP contribution < -0.4 is 18.9 Å². The number of phenolic OH excluding ortho intramolecular Hbond substituents is 2. The van der Waals surface area contributed by atoms with Gasteiger partial charge < -0.3 is 29.2 Å². The Kier molecular flexibility index (Phi) is 7.26. The minimum atomic E-state index is -0.0232. The van der Waals surface area contributed by atoms with E-state index in [9.17, 15) is 10.2 Å². The Hall–Kier alpha value is -4.40. The molecule has 0 saturated heterocycles. The van der Waals surface area contributed by atoms with Crippen LogP contribution in [0.1, 0.15) is 45.5 Å². The molecule has 0 fully saturated rings. The summed E-state index contributed by atoms with van der Waals surface area (Å²) in [6.07, 6.45) is 3.06. The zero-order chi connectivity index (χ0) is 30.5. The number of likely N-dealkylation sites (N-methyl/N-ethyl adjacent to an activating group) is 2. The molecule has 4 aromatic rings. The highest BCUT2D eigenvalue weighted by Gasteiger charge is 2.34. The quantitative estimate of drug-likeness (QED) is 0.270. The largest absolute Gasteiger partial charge is 0.504 e. The van der Waals surface area contributed by atoms with Crippen molar-refractivity contribution in [2.24, 2.45) is 0 Å². The summed E-state index contributed by atoms with van der Waals surface area (Å²) < 4.78 is 24.4. The summed E-state index contributed by atoms with van der Waals surface area (Å²) in [5.41, 5.74) is 6.43. The number of hydrogen-bond donors (Lipinski definition) is 2. The van der Waals surface area contributed by atoms with Crippen LogP contribution in [-0.4, -0.2) is 61.4 Å². The molecule has 44 heavy (non-hydrogen) atoms. The van der Waals surface area contributed by atoms with Crippen molar-refractivity contribution in [2.45, 2.75) is 37.8 Å². The third-order valence-electron chi connectivity index (χ3n) is 9.45. The van der Waals surface area contributed by atoms with Crippen molar-refractivity contribution >= 4 is 0 Å². The summed E-state index contributed by atoms with van der Waals surface area (Å²) in [4.78, 5) is 4.64. The predicted octanol–water partition coefficient (Wildman–Crippen LogP) is 6.56. The first-order valence-electron chi connectivity index (χ1n) is 15.1. The van der Waals surface area contributed by atoms with E-state index in [4.69, 9.17) is 18.9 Å². The standard InChI is InChI=1S/C36H38N2O6/c1-37-16-14-24-20-30(41-3)33(40)35-31(24)27(37)17-21-7-11-26(12-8-21)44-36-32-23(19-29(39)34(36)42-4)13-15-38(2)28(32)18-22-5-9-25(43-35)10-6-22/h5-12,19-20,27-28,39-40H,13-18H2,1-4H3. The van der Waals surface area contributed by atoms with Gasteiger partial charge in [0.1, 0.15) is 11.5 Å². The van der Waals surface area contributed by atoms with Crippen LogP contribution in [0.15, 0.2) is 60.7 Å². The molecule has 4 aromatic carbocycles. The van der Waals surface area contributed by atoms with Crippen molar-refractivity contribution in [3.63, 3.8) is 0 Å². The van der Waals surface area contributed by atoms with Gasteiger partial charge in [0.05, 0.1) is 14.2 Å². The summed E-state index contributed by atoms with van der Waals surface area (Å²) in [6, 6.07) is 19.9. The van der Waals surface area contributed by atoms with Crippen LogP contribution in [0.5, 0.6) is 46.0 Å². The summed E-state index contributed by atoms with van der Waals surface area (Å²) in [5, 5.41) is 22.3. The van der Waals surface area contributed by atoms with E-state index in [1.807, 2.05) is 36.4 Å². The van der Waals surface area contributed by atoms with E-state index in [1.165, 1.54) is 0 Å². The molecule has 6 heterocycles. The van der Waals surface area contributed by atoms with Gasteiger partial charge in [-0.3, -0.25) is 9.80 Å². The van der Waals surface area contributed by atoms with Crippen molar-refractivity contribution < 1.29 is 29.2 Å². The molecule has 0 saturated carbocycles. The van der Waals surface area contributed by atoms with Crippen LogP contribution in [0.4, 0.5) is 0 Å². The molecule has 0 aromatic heterocycles. The van der Waals surface area contributed by atoms with E-state index in [-0.39, 0.29) is 23.6 Å². The number of methoxy groups -OCH3 is 2. The second kappa shape index (κ2) is 11.3. The van der Waals surface area contributed by atoms with E-state index in [0.717, 1.165) is 65.7 Å². The molecule has 0 aliphatic carbocycles. The maximum atomic E-state index is 11.4. The van der Waals surface area contributed by atoms with E-state index >= 15 is 0 Å². The van der Waals surface area contributed by atoms with Gasteiger partial charge in [0, 0.05) is 36.3 Å². The third-order valence-corrected chi connectivity index (χ3v) is 9.45. The molecule has 6 aliphatic heterocycles. The maximum Gasteiger partial charge on any atom is 0.204 e. The van der Waals surface area contributed by atoms with E-state index in [2.05, 4.69) is 48.2 Å². The van der Waals surface area contributed by atoms with Gasteiger partial charge in [-0.25, -0.2) is 0 Å². The summed E-state index contributed by atoms with van der Waals surface area (Å²) in [6.45, 7) is 1.73. The smallest absolute Gasteiger partial charge is 0.204 e. The summed E-state index contributed by atoms with van der Waals surface area (Å²) in [5.74, 6) is 3.17. The lowest BCUT2D eigenvalue weighted by atomic mass is 9.87. The fourth-order valence-electron chi connectivity index (χ4n) is 7.02. The van der Waals surface area contributed by atoms with Crippen LogP contribution >= 0.6 is 0 Å². The fourth-order valence-corrected chi connectivity index (χ4v) is 7.02. The van der Waals surface area contributed by atoms with E-state index in [1.54, 1.807) is 14.2 Å². The first-order valence-corrected chi connectivity index (χ1v) is 15.1. The van der Waals surface area contributed by atoms with E-state index < -0.39 is 0 Å². The normalized spacial score (nSPS) is 19.6. The number of nitrogens with zero attached hydrogens (tertiary/aromatic N) is 2. The van der Waals surface area contributed by atoms with Gasteiger partial charge >= 0.3 is 0 Å².